The number of likely N-dealkylation sites (tertiary alicyclic amines) is 1. The summed E-state index contributed by atoms with van der Waals surface area (Å²) < 4.78 is 77.7. The molecule has 3 fully saturated rings. The van der Waals surface area contributed by atoms with Crippen LogP contribution in [0.2, 0.25) is 0 Å². The number of rotatable bonds is 3. The number of allylic oxidation sites excluding steroid dienone is 2. The molecular weight excluding hydrogens is 632 g/mol. The first-order valence-corrected chi connectivity index (χ1v) is 13.2. The van der Waals surface area contributed by atoms with Crippen molar-refractivity contribution >= 4 is 58.5 Å². The summed E-state index contributed by atoms with van der Waals surface area (Å²) in [7, 11) is 0. The average molecular weight is 648 g/mol. The summed E-state index contributed by atoms with van der Waals surface area (Å²) in [5.41, 5.74) is 3.42. The number of imide groups is 4. The molecule has 17 heteroatoms. The fourth-order valence-electron chi connectivity index (χ4n) is 6.73. The van der Waals surface area contributed by atoms with E-state index >= 15 is 0 Å². The number of hydrogen-bond acceptors (Lipinski definition) is 7. The molecule has 1 saturated carbocycles. The number of urea groups is 1. The summed E-state index contributed by atoms with van der Waals surface area (Å²) >= 11 is 13.8. The third-order valence-corrected chi connectivity index (χ3v) is 9.98. The van der Waals surface area contributed by atoms with Crippen LogP contribution in [0.3, 0.4) is 0 Å². The van der Waals surface area contributed by atoms with Crippen molar-refractivity contribution in [1.82, 2.24) is 4.90 Å². The summed E-state index contributed by atoms with van der Waals surface area (Å²) in [5.74, 6) is -23.5. The zero-order valence-electron chi connectivity index (χ0n) is 21.2. The van der Waals surface area contributed by atoms with Crippen molar-refractivity contribution in [3.05, 3.63) is 64.4 Å². The van der Waals surface area contributed by atoms with Gasteiger partial charge in [0, 0.05) is 0 Å². The molecule has 3 heterocycles. The molecule has 6 rings (SSSR count). The quantitative estimate of drug-likeness (QED) is 0.130. The monoisotopic (exact) mass is 647 g/mol. The lowest BCUT2D eigenvalue weighted by molar-refractivity contribution is -0.136. The van der Waals surface area contributed by atoms with Gasteiger partial charge in [-0.05, 0) is 30.9 Å². The number of aliphatic hydroxyl groups excluding tert-OH is 1. The summed E-state index contributed by atoms with van der Waals surface area (Å²) in [4.78, 5) is 60.5. The van der Waals surface area contributed by atoms with Gasteiger partial charge in [0.15, 0.2) is 33.0 Å². The van der Waals surface area contributed by atoms with Gasteiger partial charge in [0.25, 0.3) is 11.8 Å². The fraction of sp³-hybridized carbons (Fsp3) is 0.346. The Balaban J connectivity index is 1.59. The molecule has 1 aromatic heterocycles. The molecule has 226 valence electrons. The molecule has 1 aromatic carbocycles. The van der Waals surface area contributed by atoms with E-state index in [1.165, 1.54) is 18.2 Å². The normalized spacial score (nSPS) is 31.8. The molecule has 0 spiro atoms. The van der Waals surface area contributed by atoms with Gasteiger partial charge in [0.05, 0.1) is 17.8 Å². The molecule has 6 amide bonds. The van der Waals surface area contributed by atoms with Crippen molar-refractivity contribution in [1.29, 1.82) is 0 Å². The van der Waals surface area contributed by atoms with Crippen LogP contribution in [-0.2, 0) is 25.8 Å². The second kappa shape index (κ2) is 9.34. The van der Waals surface area contributed by atoms with Crippen LogP contribution in [0.4, 0.5) is 32.4 Å². The number of hydrogen-bond donors (Lipinski definition) is 2. The Morgan fingerprint density at radius 1 is 0.953 bits per heavy atom. The van der Waals surface area contributed by atoms with Crippen LogP contribution in [-0.4, -0.2) is 49.4 Å². The van der Waals surface area contributed by atoms with Gasteiger partial charge in [0.2, 0.25) is 17.6 Å². The van der Waals surface area contributed by atoms with Crippen LogP contribution in [0, 0.1) is 46.8 Å². The van der Waals surface area contributed by atoms with Gasteiger partial charge in [-0.3, -0.25) is 19.2 Å². The SMILES string of the molecule is NC(=O)N1C(=O)C2CC=C3C(CC4(Cl)C(=O)N(c5c(F)c(F)c(F)c(F)c5F)C(=O)C4(Cl)C3c3ccc(CO)o3)C2C1=O. The zero-order valence-corrected chi connectivity index (χ0v) is 22.7. The zero-order chi connectivity index (χ0) is 31.5. The van der Waals surface area contributed by atoms with Gasteiger partial charge in [-0.1, -0.05) is 11.6 Å². The van der Waals surface area contributed by atoms with E-state index in [0.717, 1.165) is 0 Å². The standard InChI is InChI=1S/C26H16Cl2F5N3O7/c27-25-5-10-8(2-3-9-12(10)21(39)36(20(9)38)24(34)42)13(11-4-1-7(6-37)43-11)26(25,28)23(41)35(22(25)40)19-17(32)15(30)14(29)16(31)18(19)33/h1-2,4,9-10,12-13,37H,3,5-6H2,(H2,34,42). The Hall–Kier alpha value is -3.82. The third-order valence-electron chi connectivity index (χ3n) is 8.56. The number of amides is 6. The van der Waals surface area contributed by atoms with Crippen molar-refractivity contribution in [3.8, 4) is 0 Å². The van der Waals surface area contributed by atoms with Gasteiger partial charge in [0.1, 0.15) is 23.8 Å². The highest BCUT2D eigenvalue weighted by Crippen LogP contribution is 2.66. The number of anilines is 1. The average Bonchev–Trinajstić information content (AvgIpc) is 3.58. The van der Waals surface area contributed by atoms with Crippen molar-refractivity contribution in [3.63, 3.8) is 0 Å². The minimum Gasteiger partial charge on any atom is -0.463 e. The molecule has 6 atom stereocenters. The van der Waals surface area contributed by atoms with E-state index in [-0.39, 0.29) is 33.3 Å². The van der Waals surface area contributed by atoms with E-state index in [9.17, 15) is 51.0 Å². The number of halogens is 7. The Morgan fingerprint density at radius 2 is 1.56 bits per heavy atom. The maximum Gasteiger partial charge on any atom is 0.328 e. The first-order valence-electron chi connectivity index (χ1n) is 12.5. The Bertz CT molecular complexity index is 1700. The lowest BCUT2D eigenvalue weighted by atomic mass is 9.57. The summed E-state index contributed by atoms with van der Waals surface area (Å²) in [6.45, 7) is -0.648. The highest BCUT2D eigenvalue weighted by molar-refractivity contribution is 6.58. The van der Waals surface area contributed by atoms with Crippen molar-refractivity contribution in [2.75, 3.05) is 4.90 Å². The van der Waals surface area contributed by atoms with E-state index in [4.69, 9.17) is 33.4 Å². The Morgan fingerprint density at radius 3 is 2.12 bits per heavy atom. The van der Waals surface area contributed by atoms with Gasteiger partial charge in [-0.15, -0.1) is 23.2 Å². The molecule has 0 radical (unpaired) electrons. The van der Waals surface area contributed by atoms with Gasteiger partial charge < -0.3 is 15.3 Å². The third kappa shape index (κ3) is 3.46. The number of carbonyl (C=O) groups excluding carboxylic acids is 5. The number of furan rings is 1. The molecule has 43 heavy (non-hydrogen) atoms. The largest absolute Gasteiger partial charge is 0.463 e. The summed E-state index contributed by atoms with van der Waals surface area (Å²) in [6, 6.07) is 1.14. The van der Waals surface area contributed by atoms with E-state index in [0.29, 0.717) is 0 Å². The fourth-order valence-corrected chi connectivity index (χ4v) is 7.65. The Labute approximate surface area is 246 Å². The number of nitrogens with zero attached hydrogens (tertiary/aromatic N) is 2. The van der Waals surface area contributed by atoms with Crippen molar-refractivity contribution in [2.45, 2.75) is 35.1 Å². The summed E-state index contributed by atoms with van der Waals surface area (Å²) in [6.07, 6.45) is 0.477. The van der Waals surface area contributed by atoms with Crippen LogP contribution in [0.25, 0.3) is 0 Å². The first-order chi connectivity index (χ1) is 20.1. The van der Waals surface area contributed by atoms with Gasteiger partial charge in [-0.2, -0.15) is 4.90 Å². The van der Waals surface area contributed by atoms with Crippen LogP contribution in [0.5, 0.6) is 0 Å². The predicted octanol–water partition coefficient (Wildman–Crippen LogP) is 3.11. The van der Waals surface area contributed by atoms with E-state index in [1.54, 1.807) is 0 Å². The topological polar surface area (TPSA) is 151 Å². The smallest absolute Gasteiger partial charge is 0.328 e. The molecule has 4 aliphatic rings. The van der Waals surface area contributed by atoms with Crippen molar-refractivity contribution < 1.29 is 55.4 Å². The second-order valence-corrected chi connectivity index (χ2v) is 11.7. The number of aliphatic hydroxyl groups is 1. The van der Waals surface area contributed by atoms with E-state index in [2.05, 4.69) is 0 Å². The number of primary amides is 1. The number of benzene rings is 1. The molecule has 10 nitrogen and oxygen atoms in total. The van der Waals surface area contributed by atoms with E-state index in [1.807, 2.05) is 0 Å². The molecule has 2 aliphatic heterocycles. The lowest BCUT2D eigenvalue weighted by Gasteiger charge is -2.49. The number of carbonyl (C=O) groups is 5. The van der Waals surface area contributed by atoms with Crippen LogP contribution in [0.15, 0.2) is 28.2 Å². The molecule has 0 bridgehead atoms. The second-order valence-electron chi connectivity index (χ2n) is 10.5. The molecule has 2 saturated heterocycles. The Kier molecular flexibility index (Phi) is 6.35. The maximum absolute atomic E-state index is 14.9. The number of alkyl halides is 2. The minimum absolute atomic E-state index is 0.0627. The number of nitrogens with two attached hydrogens (primary N) is 1. The molecule has 2 aromatic rings. The number of fused-ring (bicyclic) bond motifs is 4. The van der Waals surface area contributed by atoms with E-state index < -0.39 is 111 Å². The van der Waals surface area contributed by atoms with Crippen LogP contribution in [0.1, 0.15) is 30.3 Å². The molecule has 6 unspecified atom stereocenters. The molecule has 3 N–H and O–H groups in total. The molecular formula is C26H16Cl2F5N3O7. The minimum atomic E-state index is -2.76. The maximum atomic E-state index is 14.9. The highest BCUT2D eigenvalue weighted by Gasteiger charge is 2.77. The van der Waals surface area contributed by atoms with Gasteiger partial charge >= 0.3 is 6.03 Å². The highest BCUT2D eigenvalue weighted by atomic mass is 35.5. The van der Waals surface area contributed by atoms with Gasteiger partial charge in [-0.25, -0.2) is 31.6 Å². The lowest BCUT2D eigenvalue weighted by Crippen LogP contribution is -2.60. The van der Waals surface area contributed by atoms with Crippen molar-refractivity contribution in [2.24, 2.45) is 23.5 Å². The van der Waals surface area contributed by atoms with Crippen LogP contribution < -0.4 is 10.6 Å². The predicted molar refractivity (Wildman–Crippen MR) is 132 cm³/mol. The van der Waals surface area contributed by atoms with Crippen LogP contribution >= 0.6 is 23.2 Å². The molecule has 2 aliphatic carbocycles. The first kappa shape index (κ1) is 29.3. The summed E-state index contributed by atoms with van der Waals surface area (Å²) in [5, 5.41) is 9.56.